The number of ether oxygens (including phenoxy) is 1. The highest BCUT2D eigenvalue weighted by atomic mass is 19.1. The van der Waals surface area contributed by atoms with Gasteiger partial charge in [0.1, 0.15) is 5.82 Å². The first-order valence-corrected chi connectivity index (χ1v) is 12.7. The predicted octanol–water partition coefficient (Wildman–Crippen LogP) is 4.56. The fourth-order valence-electron chi connectivity index (χ4n) is 5.75. The molecule has 1 unspecified atom stereocenters. The van der Waals surface area contributed by atoms with Gasteiger partial charge in [0, 0.05) is 30.3 Å². The van der Waals surface area contributed by atoms with Gasteiger partial charge in [0.15, 0.2) is 5.69 Å². The summed E-state index contributed by atoms with van der Waals surface area (Å²) in [6.45, 7) is 2.66. The molecule has 1 aliphatic heterocycles. The molecule has 2 aromatic rings. The highest BCUT2D eigenvalue weighted by Gasteiger charge is 2.33. The second kappa shape index (κ2) is 10.3. The summed E-state index contributed by atoms with van der Waals surface area (Å²) in [6, 6.07) is 7.26. The van der Waals surface area contributed by atoms with Crippen molar-refractivity contribution in [3.63, 3.8) is 0 Å². The third-order valence-electron chi connectivity index (χ3n) is 7.47. The number of aromatic nitrogens is 2. The number of hydrazine groups is 1. The van der Waals surface area contributed by atoms with E-state index in [4.69, 9.17) is 9.84 Å². The van der Waals surface area contributed by atoms with Crippen molar-refractivity contribution in [1.82, 2.24) is 20.2 Å². The van der Waals surface area contributed by atoms with Crippen LogP contribution in [0.15, 0.2) is 24.3 Å². The molecule has 1 saturated heterocycles. The number of fused-ring (bicyclic) bond motifs is 1. The normalized spacial score (nSPS) is 22.5. The van der Waals surface area contributed by atoms with Crippen molar-refractivity contribution in [2.45, 2.75) is 76.2 Å². The molecule has 1 atom stereocenters. The van der Waals surface area contributed by atoms with Crippen LogP contribution in [0.2, 0.25) is 0 Å². The van der Waals surface area contributed by atoms with E-state index >= 15 is 0 Å². The molecule has 33 heavy (non-hydrogen) atoms. The Morgan fingerprint density at radius 3 is 2.52 bits per heavy atom. The van der Waals surface area contributed by atoms with Crippen LogP contribution in [0.4, 0.5) is 4.39 Å². The third-order valence-corrected chi connectivity index (χ3v) is 7.47. The standard InChI is InChI=1S/C26H35FN4O2/c27-21-12-10-19(11-13-21)18-20-6-4-5-9-23-24(26(32)29-30-14-16-33-17-15-30)28-31(25(20)23)22-7-2-1-3-8-22/h10-13,20,22H,1-9,14-18H2,(H,29,32). The summed E-state index contributed by atoms with van der Waals surface area (Å²) in [6.07, 6.45) is 11.0. The number of hydrogen-bond donors (Lipinski definition) is 1. The Balaban J connectivity index is 1.49. The molecule has 2 fully saturated rings. The maximum Gasteiger partial charge on any atom is 0.286 e. The van der Waals surface area contributed by atoms with Crippen molar-refractivity contribution < 1.29 is 13.9 Å². The average Bonchev–Trinajstić information content (AvgIpc) is 3.11. The summed E-state index contributed by atoms with van der Waals surface area (Å²) >= 11 is 0. The Bertz CT molecular complexity index is 946. The molecule has 5 rings (SSSR count). The van der Waals surface area contributed by atoms with Gasteiger partial charge in [-0.15, -0.1) is 0 Å². The first kappa shape index (κ1) is 22.5. The lowest BCUT2D eigenvalue weighted by molar-refractivity contribution is 0.0124. The second-order valence-electron chi connectivity index (χ2n) is 9.76. The molecule has 0 radical (unpaired) electrons. The summed E-state index contributed by atoms with van der Waals surface area (Å²) in [5.74, 6) is 0.00656. The summed E-state index contributed by atoms with van der Waals surface area (Å²) in [5.41, 5.74) is 7.23. The number of carbonyl (C=O) groups is 1. The molecule has 1 saturated carbocycles. The Morgan fingerprint density at radius 1 is 1.03 bits per heavy atom. The van der Waals surface area contributed by atoms with Crippen molar-refractivity contribution in [3.05, 3.63) is 52.6 Å². The topological polar surface area (TPSA) is 59.4 Å². The molecule has 2 heterocycles. The van der Waals surface area contributed by atoms with Crippen LogP contribution < -0.4 is 5.43 Å². The molecule has 1 aromatic carbocycles. The smallest absolute Gasteiger partial charge is 0.286 e. The highest BCUT2D eigenvalue weighted by molar-refractivity contribution is 5.93. The van der Waals surface area contributed by atoms with E-state index in [1.807, 2.05) is 17.1 Å². The lowest BCUT2D eigenvalue weighted by Crippen LogP contribution is -2.48. The Hall–Kier alpha value is -2.25. The van der Waals surface area contributed by atoms with Crippen molar-refractivity contribution in [2.75, 3.05) is 26.3 Å². The molecule has 6 nitrogen and oxygen atoms in total. The van der Waals surface area contributed by atoms with Gasteiger partial charge in [0.2, 0.25) is 0 Å². The quantitative estimate of drug-likeness (QED) is 0.673. The van der Waals surface area contributed by atoms with Crippen LogP contribution in [-0.4, -0.2) is 47.0 Å². The van der Waals surface area contributed by atoms with Gasteiger partial charge < -0.3 is 4.74 Å². The Kier molecular flexibility index (Phi) is 7.07. The Labute approximate surface area is 195 Å². The number of halogens is 1. The molecule has 2 aliphatic carbocycles. The van der Waals surface area contributed by atoms with Crippen molar-refractivity contribution in [1.29, 1.82) is 0 Å². The van der Waals surface area contributed by atoms with Gasteiger partial charge in [-0.1, -0.05) is 37.8 Å². The fourth-order valence-corrected chi connectivity index (χ4v) is 5.75. The number of morpholine rings is 1. The summed E-state index contributed by atoms with van der Waals surface area (Å²) in [5, 5.41) is 6.96. The van der Waals surface area contributed by atoms with E-state index in [1.165, 1.54) is 25.0 Å². The van der Waals surface area contributed by atoms with E-state index in [0.717, 1.165) is 56.1 Å². The molecule has 7 heteroatoms. The number of nitrogens with zero attached hydrogens (tertiary/aromatic N) is 3. The fraction of sp³-hybridized carbons (Fsp3) is 0.615. The molecule has 0 spiro atoms. The minimum atomic E-state index is -0.199. The van der Waals surface area contributed by atoms with E-state index in [1.54, 1.807) is 12.1 Å². The zero-order valence-corrected chi connectivity index (χ0v) is 19.4. The van der Waals surface area contributed by atoms with Crippen LogP contribution in [0.5, 0.6) is 0 Å². The van der Waals surface area contributed by atoms with Gasteiger partial charge in [-0.3, -0.25) is 14.9 Å². The van der Waals surface area contributed by atoms with E-state index in [2.05, 4.69) is 10.1 Å². The van der Waals surface area contributed by atoms with Crippen LogP contribution in [0.25, 0.3) is 0 Å². The van der Waals surface area contributed by atoms with Crippen LogP contribution in [-0.2, 0) is 17.6 Å². The number of hydrogen-bond acceptors (Lipinski definition) is 4. The van der Waals surface area contributed by atoms with E-state index in [0.29, 0.717) is 44.0 Å². The molecule has 1 amide bonds. The van der Waals surface area contributed by atoms with E-state index in [9.17, 15) is 9.18 Å². The first-order valence-electron chi connectivity index (χ1n) is 12.7. The van der Waals surface area contributed by atoms with Crippen LogP contribution >= 0.6 is 0 Å². The van der Waals surface area contributed by atoms with Crippen LogP contribution in [0, 0.1) is 5.82 Å². The lowest BCUT2D eigenvalue weighted by Gasteiger charge is -2.27. The van der Waals surface area contributed by atoms with Gasteiger partial charge in [-0.05, 0) is 56.2 Å². The SMILES string of the molecule is O=C(NN1CCOCC1)c1nn(C2CCCCC2)c2c1CCCCC2Cc1ccc(F)cc1. The van der Waals surface area contributed by atoms with Crippen molar-refractivity contribution in [3.8, 4) is 0 Å². The number of carbonyl (C=O) groups excluding carboxylic acids is 1. The third kappa shape index (κ3) is 5.14. The Morgan fingerprint density at radius 2 is 1.76 bits per heavy atom. The number of rotatable bonds is 5. The van der Waals surface area contributed by atoms with Crippen LogP contribution in [0.3, 0.4) is 0 Å². The highest BCUT2D eigenvalue weighted by Crippen LogP contribution is 2.39. The minimum absolute atomic E-state index is 0.0925. The van der Waals surface area contributed by atoms with Gasteiger partial charge >= 0.3 is 0 Å². The van der Waals surface area contributed by atoms with Crippen molar-refractivity contribution >= 4 is 5.91 Å². The number of nitrogens with one attached hydrogen (secondary N) is 1. The minimum Gasteiger partial charge on any atom is -0.379 e. The van der Waals surface area contributed by atoms with Gasteiger partial charge in [-0.2, -0.15) is 5.10 Å². The molecule has 0 bridgehead atoms. The summed E-state index contributed by atoms with van der Waals surface area (Å²) < 4.78 is 21.1. The van der Waals surface area contributed by atoms with Gasteiger partial charge in [0.05, 0.1) is 19.3 Å². The summed E-state index contributed by atoms with van der Waals surface area (Å²) in [4.78, 5) is 13.4. The molecule has 3 aliphatic rings. The lowest BCUT2D eigenvalue weighted by atomic mass is 9.89. The molecular weight excluding hydrogens is 419 g/mol. The maximum atomic E-state index is 13.5. The van der Waals surface area contributed by atoms with E-state index in [-0.39, 0.29) is 11.7 Å². The van der Waals surface area contributed by atoms with E-state index < -0.39 is 0 Å². The zero-order chi connectivity index (χ0) is 22.6. The van der Waals surface area contributed by atoms with Crippen molar-refractivity contribution in [2.24, 2.45) is 0 Å². The largest absolute Gasteiger partial charge is 0.379 e. The second-order valence-corrected chi connectivity index (χ2v) is 9.76. The number of benzene rings is 1. The zero-order valence-electron chi connectivity index (χ0n) is 19.4. The molecule has 1 N–H and O–H groups in total. The molecular formula is C26H35FN4O2. The summed E-state index contributed by atoms with van der Waals surface area (Å²) in [7, 11) is 0. The molecule has 178 valence electrons. The number of amides is 1. The van der Waals surface area contributed by atoms with Gasteiger partial charge in [0.25, 0.3) is 5.91 Å². The first-order chi connectivity index (χ1) is 16.2. The van der Waals surface area contributed by atoms with Gasteiger partial charge in [-0.25, -0.2) is 9.40 Å². The average molecular weight is 455 g/mol. The monoisotopic (exact) mass is 454 g/mol. The van der Waals surface area contributed by atoms with Crippen LogP contribution in [0.1, 0.15) is 90.6 Å². The predicted molar refractivity (Wildman–Crippen MR) is 125 cm³/mol. The molecule has 1 aromatic heterocycles. The maximum absolute atomic E-state index is 13.5.